The quantitative estimate of drug-likeness (QED) is 0.592. The average molecular weight is 262 g/mol. The summed E-state index contributed by atoms with van der Waals surface area (Å²) >= 11 is 0. The van der Waals surface area contributed by atoms with E-state index in [1.807, 2.05) is 17.5 Å². The second-order valence-electron chi connectivity index (χ2n) is 4.45. The minimum Gasteiger partial charge on any atom is -0.307 e. The molecule has 2 aromatic rings. The maximum absolute atomic E-state index is 12.1. The topological polar surface area (TPSA) is 29.1 Å². The molecule has 96 valence electrons. The Bertz CT molecular complexity index is 518. The van der Waals surface area contributed by atoms with Gasteiger partial charge in [0.1, 0.15) is 5.38 Å². The van der Waals surface area contributed by atoms with E-state index in [1.165, 1.54) is 24.6 Å². The molecular weight excluding hydrogens is 242 g/mol. The summed E-state index contributed by atoms with van der Waals surface area (Å²) in [5, 5.41) is 6.41. The van der Waals surface area contributed by atoms with Gasteiger partial charge in [-0.2, -0.15) is 0 Å². The van der Waals surface area contributed by atoms with Crippen molar-refractivity contribution >= 4 is 25.8 Å². The smallest absolute Gasteiger partial charge is 0.307 e. The number of fused-ring (bicyclic) bond motifs is 1. The van der Waals surface area contributed by atoms with Crippen molar-refractivity contribution in [3.05, 3.63) is 35.7 Å². The molecule has 1 heterocycles. The number of nitrogens with one attached hydrogen (secondary N) is 1. The number of benzene rings is 1. The number of hydrogen-bond donors (Lipinski definition) is 1. The second kappa shape index (κ2) is 6.55. The van der Waals surface area contributed by atoms with Crippen molar-refractivity contribution < 1.29 is 4.79 Å². The highest BCUT2D eigenvalue weighted by Crippen LogP contribution is 2.31. The SMILES string of the molecule is CCCCCCNC(=O)[s+]1ccc2ccccc21. The highest BCUT2D eigenvalue weighted by Gasteiger charge is 2.20. The van der Waals surface area contributed by atoms with Crippen LogP contribution in [-0.2, 0) is 0 Å². The van der Waals surface area contributed by atoms with Gasteiger partial charge in [0.25, 0.3) is 0 Å². The fourth-order valence-electron chi connectivity index (χ4n) is 2.01. The van der Waals surface area contributed by atoms with Gasteiger partial charge in [-0.25, -0.2) is 4.79 Å². The first-order valence-corrected chi connectivity index (χ1v) is 7.90. The molecule has 1 unspecified atom stereocenters. The maximum Gasteiger partial charge on any atom is 0.456 e. The largest absolute Gasteiger partial charge is 0.456 e. The number of amides is 1. The summed E-state index contributed by atoms with van der Waals surface area (Å²) in [5.41, 5.74) is 0. The molecule has 2 rings (SSSR count). The number of carbonyl (C=O) groups is 1. The monoisotopic (exact) mass is 262 g/mol. The van der Waals surface area contributed by atoms with Gasteiger partial charge in [0.05, 0.1) is 10.5 Å². The first kappa shape index (κ1) is 13.1. The van der Waals surface area contributed by atoms with Crippen LogP contribution in [-0.4, -0.2) is 11.8 Å². The van der Waals surface area contributed by atoms with Crippen molar-refractivity contribution in [2.24, 2.45) is 0 Å². The van der Waals surface area contributed by atoms with E-state index in [-0.39, 0.29) is 15.7 Å². The summed E-state index contributed by atoms with van der Waals surface area (Å²) in [6.07, 6.45) is 4.78. The van der Waals surface area contributed by atoms with Gasteiger partial charge >= 0.3 is 5.24 Å². The molecule has 3 heteroatoms. The Morgan fingerprint density at radius 2 is 2.00 bits per heavy atom. The zero-order valence-corrected chi connectivity index (χ0v) is 11.6. The van der Waals surface area contributed by atoms with Crippen molar-refractivity contribution in [1.29, 1.82) is 0 Å². The molecule has 1 amide bonds. The fourth-order valence-corrected chi connectivity index (χ4v) is 3.64. The molecule has 1 aromatic heterocycles. The Morgan fingerprint density at radius 1 is 1.17 bits per heavy atom. The minimum absolute atomic E-state index is 0.160. The zero-order chi connectivity index (χ0) is 12.8. The van der Waals surface area contributed by atoms with Crippen LogP contribution in [0, 0.1) is 0 Å². The maximum atomic E-state index is 12.1. The van der Waals surface area contributed by atoms with E-state index < -0.39 is 0 Å². The number of hydrogen-bond acceptors (Lipinski definition) is 1. The molecule has 0 radical (unpaired) electrons. The second-order valence-corrected chi connectivity index (χ2v) is 6.21. The molecule has 0 spiro atoms. The van der Waals surface area contributed by atoms with Crippen molar-refractivity contribution in [3.8, 4) is 0 Å². The van der Waals surface area contributed by atoms with Crippen LogP contribution in [0.3, 0.4) is 0 Å². The van der Waals surface area contributed by atoms with E-state index in [0.29, 0.717) is 0 Å². The van der Waals surface area contributed by atoms with Crippen LogP contribution in [0.25, 0.3) is 10.1 Å². The Labute approximate surface area is 111 Å². The molecule has 1 atom stereocenters. The van der Waals surface area contributed by atoms with Crippen molar-refractivity contribution in [2.45, 2.75) is 32.6 Å². The molecule has 1 aromatic carbocycles. The van der Waals surface area contributed by atoms with E-state index in [2.05, 4.69) is 30.4 Å². The number of carbonyl (C=O) groups excluding carboxylic acids is 1. The average Bonchev–Trinajstić information content (AvgIpc) is 2.82. The number of rotatable bonds is 6. The molecule has 0 saturated heterocycles. The Morgan fingerprint density at radius 3 is 2.83 bits per heavy atom. The van der Waals surface area contributed by atoms with Crippen LogP contribution in [0.5, 0.6) is 0 Å². The molecule has 0 fully saturated rings. The Hall–Kier alpha value is -1.35. The van der Waals surface area contributed by atoms with E-state index in [1.54, 1.807) is 0 Å². The third-order valence-corrected chi connectivity index (χ3v) is 4.84. The highest BCUT2D eigenvalue weighted by molar-refractivity contribution is 7.54. The van der Waals surface area contributed by atoms with Crippen LogP contribution >= 0.6 is 10.5 Å². The number of unbranched alkanes of at least 4 members (excludes halogenated alkanes) is 3. The zero-order valence-electron chi connectivity index (χ0n) is 10.8. The lowest BCUT2D eigenvalue weighted by atomic mass is 10.2. The van der Waals surface area contributed by atoms with Crippen molar-refractivity contribution in [1.82, 2.24) is 5.32 Å². The summed E-state index contributed by atoms with van der Waals surface area (Å²) in [6, 6.07) is 10.2. The van der Waals surface area contributed by atoms with E-state index in [9.17, 15) is 4.79 Å². The summed E-state index contributed by atoms with van der Waals surface area (Å²) < 4.78 is 1.16. The lowest BCUT2D eigenvalue weighted by Crippen LogP contribution is -2.20. The van der Waals surface area contributed by atoms with E-state index in [4.69, 9.17) is 0 Å². The summed E-state index contributed by atoms with van der Waals surface area (Å²) in [5.74, 6) is 0. The van der Waals surface area contributed by atoms with Crippen LogP contribution in [0.1, 0.15) is 32.6 Å². The summed E-state index contributed by atoms with van der Waals surface area (Å²) in [6.45, 7) is 3.00. The molecule has 0 bridgehead atoms. The van der Waals surface area contributed by atoms with Gasteiger partial charge < -0.3 is 5.32 Å². The summed E-state index contributed by atoms with van der Waals surface area (Å²) in [4.78, 5) is 12.1. The Balaban J connectivity index is 1.93. The third kappa shape index (κ3) is 3.10. The molecular formula is C15H20NOS+. The van der Waals surface area contributed by atoms with Gasteiger partial charge in [-0.1, -0.05) is 38.3 Å². The molecule has 0 aliphatic heterocycles. The van der Waals surface area contributed by atoms with Gasteiger partial charge in [-0.05, 0) is 18.6 Å². The molecule has 0 aliphatic carbocycles. The third-order valence-electron chi connectivity index (χ3n) is 3.04. The lowest BCUT2D eigenvalue weighted by molar-refractivity contribution is 0.260. The predicted molar refractivity (Wildman–Crippen MR) is 79.4 cm³/mol. The number of thiophene rings is 1. The van der Waals surface area contributed by atoms with Gasteiger partial charge in [0.15, 0.2) is 4.70 Å². The molecule has 18 heavy (non-hydrogen) atoms. The van der Waals surface area contributed by atoms with Gasteiger partial charge in [-0.3, -0.25) is 0 Å². The van der Waals surface area contributed by atoms with E-state index in [0.717, 1.165) is 17.7 Å². The van der Waals surface area contributed by atoms with Crippen molar-refractivity contribution in [3.63, 3.8) is 0 Å². The predicted octanol–water partition coefficient (Wildman–Crippen LogP) is 4.73. The first-order valence-electron chi connectivity index (χ1n) is 6.61. The van der Waals surface area contributed by atoms with Crippen LogP contribution in [0.4, 0.5) is 4.79 Å². The first-order chi connectivity index (χ1) is 8.83. The molecule has 0 aliphatic rings. The summed E-state index contributed by atoms with van der Waals surface area (Å²) in [7, 11) is -0.385. The molecule has 2 nitrogen and oxygen atoms in total. The van der Waals surface area contributed by atoms with E-state index >= 15 is 0 Å². The standard InChI is InChI=1S/C15H19NOS/c1-2-3-4-7-11-16-15(17)18-12-10-13-8-5-6-9-14(13)18/h5-6,8-10,12H,2-4,7,11H2,1H3/p+1. The normalized spacial score (nSPS) is 11.7. The van der Waals surface area contributed by atoms with Gasteiger partial charge in [-0.15, -0.1) is 0 Å². The molecule has 0 saturated carbocycles. The van der Waals surface area contributed by atoms with Crippen LogP contribution in [0.2, 0.25) is 0 Å². The lowest BCUT2D eigenvalue weighted by Gasteiger charge is -1.99. The Kier molecular flexibility index (Phi) is 4.76. The van der Waals surface area contributed by atoms with Crippen LogP contribution < -0.4 is 5.32 Å². The van der Waals surface area contributed by atoms with Gasteiger partial charge in [0.2, 0.25) is 0 Å². The molecule has 1 N–H and O–H groups in total. The van der Waals surface area contributed by atoms with Crippen LogP contribution in [0.15, 0.2) is 35.7 Å². The van der Waals surface area contributed by atoms with Crippen molar-refractivity contribution in [2.75, 3.05) is 6.54 Å². The fraction of sp³-hybridized carbons (Fsp3) is 0.400. The minimum atomic E-state index is -0.385. The highest BCUT2D eigenvalue weighted by atomic mass is 32.2. The van der Waals surface area contributed by atoms with Gasteiger partial charge in [0, 0.05) is 18.0 Å².